The first-order valence-corrected chi connectivity index (χ1v) is 12.7. The number of aliphatic hydroxyl groups excluding tert-OH is 1. The summed E-state index contributed by atoms with van der Waals surface area (Å²) < 4.78 is 32.8. The molecule has 1 aromatic rings. The third-order valence-electron chi connectivity index (χ3n) is 6.93. The van der Waals surface area contributed by atoms with Crippen LogP contribution in [0.4, 0.5) is 8.78 Å². The van der Waals surface area contributed by atoms with Crippen LogP contribution in [0.25, 0.3) is 0 Å². The number of likely N-dealkylation sites (tertiary alicyclic amines) is 1. The van der Waals surface area contributed by atoms with Crippen molar-refractivity contribution in [3.8, 4) is 0 Å². The van der Waals surface area contributed by atoms with Gasteiger partial charge in [0.2, 0.25) is 0 Å². The minimum Gasteiger partial charge on any atom is -0.469 e. The lowest BCUT2D eigenvalue weighted by Crippen LogP contribution is -2.37. The lowest BCUT2D eigenvalue weighted by Gasteiger charge is -2.26. The van der Waals surface area contributed by atoms with Gasteiger partial charge in [-0.2, -0.15) is 8.78 Å². The fraction of sp³-hybridized carbons (Fsp3) is 0.704. The van der Waals surface area contributed by atoms with Crippen LogP contribution in [0.2, 0.25) is 0 Å². The maximum Gasteiger partial charge on any atom is 0.326 e. The quantitative estimate of drug-likeness (QED) is 0.249. The molecule has 1 aliphatic heterocycles. The molecule has 1 amide bonds. The Bertz CT molecular complexity index is 743. The standard InChI is InChI=1S/C27H41F2NO4/c1-21(12-9-10-15-22-13-6-5-7-14-22)24(31)18-17-23-20-27(28,29)26(33)30(23)19-11-4-3-8-16-25(32)34-2/h5-7,13-14,21,23-24,31H,3-4,8-12,15-20H2,1-2H3/t21-,23?,24+/m0/s1. The SMILES string of the molecule is COC(=O)CCCCCCN1C(=O)C(F)(F)CC1CC[C@@H](O)[C@@H](C)CCCCc1ccccc1. The molecule has 5 nitrogen and oxygen atoms in total. The Labute approximate surface area is 202 Å². The molecule has 0 bridgehead atoms. The number of methoxy groups -OCH3 is 1. The molecule has 2 rings (SSSR count). The van der Waals surface area contributed by atoms with E-state index in [1.54, 1.807) is 0 Å². The summed E-state index contributed by atoms with van der Waals surface area (Å²) in [6, 6.07) is 9.78. The summed E-state index contributed by atoms with van der Waals surface area (Å²) in [6.45, 7) is 2.30. The Kier molecular flexibility index (Phi) is 11.9. The maximum atomic E-state index is 14.1. The van der Waals surface area contributed by atoms with Gasteiger partial charge >= 0.3 is 11.9 Å². The van der Waals surface area contributed by atoms with Gasteiger partial charge in [0.15, 0.2) is 0 Å². The van der Waals surface area contributed by atoms with E-state index < -0.39 is 30.4 Å². The van der Waals surface area contributed by atoms with Crippen LogP contribution in [0, 0.1) is 5.92 Å². The highest BCUT2D eigenvalue weighted by Crippen LogP contribution is 2.36. The van der Waals surface area contributed by atoms with Crippen molar-refractivity contribution in [2.75, 3.05) is 13.7 Å². The molecular formula is C27H41F2NO4. The number of benzene rings is 1. The van der Waals surface area contributed by atoms with E-state index in [4.69, 9.17) is 0 Å². The molecule has 0 radical (unpaired) electrons. The Hall–Kier alpha value is -2.02. The van der Waals surface area contributed by atoms with Gasteiger partial charge in [-0.3, -0.25) is 9.59 Å². The van der Waals surface area contributed by atoms with Gasteiger partial charge < -0.3 is 14.7 Å². The first-order valence-electron chi connectivity index (χ1n) is 12.7. The van der Waals surface area contributed by atoms with Gasteiger partial charge in [-0.1, -0.05) is 56.5 Å². The molecule has 0 aliphatic carbocycles. The maximum absolute atomic E-state index is 14.1. The van der Waals surface area contributed by atoms with E-state index in [1.807, 2.05) is 25.1 Å². The number of ether oxygens (including phenoxy) is 1. The van der Waals surface area contributed by atoms with Crippen molar-refractivity contribution in [1.82, 2.24) is 4.90 Å². The van der Waals surface area contributed by atoms with Gasteiger partial charge in [0, 0.05) is 25.4 Å². The van der Waals surface area contributed by atoms with Crippen LogP contribution < -0.4 is 0 Å². The molecule has 3 atom stereocenters. The highest BCUT2D eigenvalue weighted by atomic mass is 19.3. The minimum atomic E-state index is -3.32. The highest BCUT2D eigenvalue weighted by molar-refractivity contribution is 5.86. The van der Waals surface area contributed by atoms with E-state index in [0.717, 1.165) is 38.5 Å². The van der Waals surface area contributed by atoms with Crippen LogP contribution in [0.3, 0.4) is 0 Å². The number of unbranched alkanes of at least 4 members (excludes halogenated alkanes) is 4. The molecule has 7 heteroatoms. The first kappa shape index (κ1) is 28.2. The van der Waals surface area contributed by atoms with Gasteiger partial charge in [0.05, 0.1) is 13.2 Å². The molecule has 0 aromatic heterocycles. The number of hydrogen-bond acceptors (Lipinski definition) is 4. The van der Waals surface area contributed by atoms with Crippen LogP contribution in [0.15, 0.2) is 30.3 Å². The zero-order valence-electron chi connectivity index (χ0n) is 20.7. The monoisotopic (exact) mass is 481 g/mol. The van der Waals surface area contributed by atoms with Crippen LogP contribution in [0.5, 0.6) is 0 Å². The van der Waals surface area contributed by atoms with Gasteiger partial charge in [-0.25, -0.2) is 0 Å². The number of carbonyl (C=O) groups is 2. The summed E-state index contributed by atoms with van der Waals surface area (Å²) in [6.07, 6.45) is 6.98. The molecular weight excluding hydrogens is 440 g/mol. The van der Waals surface area contributed by atoms with Gasteiger partial charge in [0.1, 0.15) is 0 Å². The van der Waals surface area contributed by atoms with Crippen LogP contribution in [-0.2, 0) is 20.7 Å². The number of aliphatic hydroxyl groups is 1. The molecule has 192 valence electrons. The number of amides is 1. The number of rotatable bonds is 16. The smallest absolute Gasteiger partial charge is 0.326 e. The largest absolute Gasteiger partial charge is 0.469 e. The van der Waals surface area contributed by atoms with Crippen molar-refractivity contribution in [2.24, 2.45) is 5.92 Å². The normalized spacial score (nSPS) is 19.3. The Morgan fingerprint density at radius 3 is 2.53 bits per heavy atom. The number of carbonyl (C=O) groups excluding carboxylic acids is 2. The average Bonchev–Trinajstić information content (AvgIpc) is 3.05. The van der Waals surface area contributed by atoms with Crippen molar-refractivity contribution in [3.05, 3.63) is 35.9 Å². The first-order chi connectivity index (χ1) is 16.2. The van der Waals surface area contributed by atoms with Crippen molar-refractivity contribution >= 4 is 11.9 Å². The van der Waals surface area contributed by atoms with Crippen molar-refractivity contribution in [1.29, 1.82) is 0 Å². The predicted octanol–water partition coefficient (Wildman–Crippen LogP) is 5.54. The van der Waals surface area contributed by atoms with E-state index in [-0.39, 0.29) is 11.9 Å². The van der Waals surface area contributed by atoms with Crippen molar-refractivity contribution < 1.29 is 28.2 Å². The Balaban J connectivity index is 1.70. The molecule has 0 saturated carbocycles. The fourth-order valence-electron chi connectivity index (χ4n) is 4.70. The van der Waals surface area contributed by atoms with Crippen molar-refractivity contribution in [2.45, 2.75) is 102 Å². The van der Waals surface area contributed by atoms with Gasteiger partial charge in [-0.15, -0.1) is 0 Å². The number of aryl methyl sites for hydroxylation is 1. The second-order valence-corrected chi connectivity index (χ2v) is 9.65. The van der Waals surface area contributed by atoms with E-state index in [1.165, 1.54) is 17.6 Å². The van der Waals surface area contributed by atoms with Gasteiger partial charge in [-0.05, 0) is 56.4 Å². The minimum absolute atomic E-state index is 0.0941. The van der Waals surface area contributed by atoms with E-state index in [0.29, 0.717) is 38.6 Å². The third kappa shape index (κ3) is 9.32. The van der Waals surface area contributed by atoms with Crippen LogP contribution in [-0.4, -0.2) is 53.6 Å². The molecule has 0 spiro atoms. The molecule has 1 aliphatic rings. The Morgan fingerprint density at radius 2 is 1.82 bits per heavy atom. The lowest BCUT2D eigenvalue weighted by atomic mass is 9.92. The molecule has 1 fully saturated rings. The van der Waals surface area contributed by atoms with Gasteiger partial charge in [0.25, 0.3) is 5.91 Å². The fourth-order valence-corrected chi connectivity index (χ4v) is 4.70. The molecule has 34 heavy (non-hydrogen) atoms. The summed E-state index contributed by atoms with van der Waals surface area (Å²) in [5.41, 5.74) is 1.31. The number of halogens is 2. The molecule has 1 unspecified atom stereocenters. The topological polar surface area (TPSA) is 66.8 Å². The molecule has 1 heterocycles. The van der Waals surface area contributed by atoms with Crippen LogP contribution in [0.1, 0.15) is 83.1 Å². The predicted molar refractivity (Wildman–Crippen MR) is 129 cm³/mol. The average molecular weight is 482 g/mol. The summed E-state index contributed by atoms with van der Waals surface area (Å²) in [4.78, 5) is 24.7. The van der Waals surface area contributed by atoms with Crippen molar-refractivity contribution in [3.63, 3.8) is 0 Å². The summed E-state index contributed by atoms with van der Waals surface area (Å²) in [5.74, 6) is -4.56. The number of alkyl halides is 2. The summed E-state index contributed by atoms with van der Waals surface area (Å²) in [7, 11) is 1.35. The van der Waals surface area contributed by atoms with E-state index in [2.05, 4.69) is 16.9 Å². The molecule has 1 aromatic carbocycles. The zero-order chi connectivity index (χ0) is 25.0. The second kappa shape index (κ2) is 14.4. The summed E-state index contributed by atoms with van der Waals surface area (Å²) >= 11 is 0. The second-order valence-electron chi connectivity index (χ2n) is 9.65. The highest BCUT2D eigenvalue weighted by Gasteiger charge is 2.52. The third-order valence-corrected chi connectivity index (χ3v) is 6.93. The number of esters is 1. The lowest BCUT2D eigenvalue weighted by molar-refractivity contribution is -0.148. The zero-order valence-corrected chi connectivity index (χ0v) is 20.7. The van der Waals surface area contributed by atoms with Crippen LogP contribution >= 0.6 is 0 Å². The number of nitrogens with zero attached hydrogens (tertiary/aromatic N) is 1. The van der Waals surface area contributed by atoms with E-state index in [9.17, 15) is 23.5 Å². The summed E-state index contributed by atoms with van der Waals surface area (Å²) in [5, 5.41) is 10.6. The Morgan fingerprint density at radius 1 is 1.12 bits per heavy atom. The van der Waals surface area contributed by atoms with E-state index >= 15 is 0 Å². The molecule has 1 saturated heterocycles. The number of hydrogen-bond donors (Lipinski definition) is 1. The molecule has 1 N–H and O–H groups in total.